The van der Waals surface area contributed by atoms with Gasteiger partial charge in [-0.3, -0.25) is 0 Å². The Morgan fingerprint density at radius 1 is 1.18 bits per heavy atom. The minimum atomic E-state index is -2.61. The molecule has 4 heteroatoms. The molecular weight excluding hydrogens is 352 g/mol. The molecule has 4 aliphatic rings. The molecule has 3 fully saturated rings. The average molecular weight is 391 g/mol. The molecule has 4 nitrogen and oxygen atoms in total. The SMILES string of the molecule is C[C@H](CC(O)(O)C(=O)O)[C@H]1CC[C@H]2[C@@H]3CC=C4CCCC[C@]4(C)[C@H]3CC[C@]12C. The van der Waals surface area contributed by atoms with Crippen LogP contribution in [0.5, 0.6) is 0 Å². The summed E-state index contributed by atoms with van der Waals surface area (Å²) in [5, 5.41) is 28.9. The van der Waals surface area contributed by atoms with Crippen molar-refractivity contribution in [3.63, 3.8) is 0 Å². The van der Waals surface area contributed by atoms with Gasteiger partial charge in [-0.15, -0.1) is 0 Å². The Hall–Kier alpha value is -0.870. The first-order chi connectivity index (χ1) is 13.1. The quantitative estimate of drug-likeness (QED) is 0.478. The van der Waals surface area contributed by atoms with Crippen LogP contribution in [-0.4, -0.2) is 27.1 Å². The average Bonchev–Trinajstić information content (AvgIpc) is 2.98. The maximum atomic E-state index is 11.2. The summed E-state index contributed by atoms with van der Waals surface area (Å²) in [6.07, 6.45) is 13.9. The fraction of sp³-hybridized carbons (Fsp3) is 0.875. The molecule has 4 rings (SSSR count). The van der Waals surface area contributed by atoms with E-state index in [1.165, 1.54) is 51.4 Å². The van der Waals surface area contributed by atoms with Crippen LogP contribution in [0.4, 0.5) is 0 Å². The molecule has 0 amide bonds. The van der Waals surface area contributed by atoms with Gasteiger partial charge in [0.2, 0.25) is 0 Å². The number of hydrogen-bond acceptors (Lipinski definition) is 3. The molecule has 0 aromatic carbocycles. The summed E-state index contributed by atoms with van der Waals surface area (Å²) in [5.41, 5.74) is 2.34. The summed E-state index contributed by atoms with van der Waals surface area (Å²) in [4.78, 5) is 11.2. The van der Waals surface area contributed by atoms with Crippen LogP contribution in [0.3, 0.4) is 0 Å². The summed E-state index contributed by atoms with van der Waals surface area (Å²) in [6, 6.07) is 0. The van der Waals surface area contributed by atoms with E-state index in [-0.39, 0.29) is 17.8 Å². The summed E-state index contributed by atoms with van der Waals surface area (Å²) in [5.74, 6) is -1.53. The lowest BCUT2D eigenvalue weighted by atomic mass is 9.47. The lowest BCUT2D eigenvalue weighted by Crippen LogP contribution is -2.50. The van der Waals surface area contributed by atoms with Gasteiger partial charge in [-0.2, -0.15) is 0 Å². The molecule has 0 spiro atoms. The van der Waals surface area contributed by atoms with Crippen molar-refractivity contribution in [1.29, 1.82) is 0 Å². The monoisotopic (exact) mass is 390 g/mol. The maximum Gasteiger partial charge on any atom is 0.364 e. The Kier molecular flexibility index (Phi) is 4.98. The number of aliphatic carboxylic acids is 1. The summed E-state index contributed by atoms with van der Waals surface area (Å²) < 4.78 is 0. The predicted octanol–water partition coefficient (Wildman–Crippen LogP) is 4.75. The van der Waals surface area contributed by atoms with Crippen molar-refractivity contribution in [2.75, 3.05) is 0 Å². The lowest BCUT2D eigenvalue weighted by molar-refractivity contribution is -0.211. The van der Waals surface area contributed by atoms with Crippen LogP contribution < -0.4 is 0 Å². The molecule has 0 aromatic heterocycles. The van der Waals surface area contributed by atoms with Gasteiger partial charge in [-0.05, 0) is 91.8 Å². The molecule has 0 saturated heterocycles. The van der Waals surface area contributed by atoms with Crippen molar-refractivity contribution >= 4 is 5.97 Å². The van der Waals surface area contributed by atoms with E-state index in [0.717, 1.165) is 18.3 Å². The van der Waals surface area contributed by atoms with Crippen molar-refractivity contribution in [2.45, 2.75) is 90.8 Å². The number of allylic oxidation sites excluding steroid dienone is 2. The highest BCUT2D eigenvalue weighted by molar-refractivity contribution is 5.74. The first-order valence-corrected chi connectivity index (χ1v) is 11.5. The Morgan fingerprint density at radius 3 is 2.64 bits per heavy atom. The number of rotatable bonds is 4. The first kappa shape index (κ1) is 20.4. The smallest absolute Gasteiger partial charge is 0.364 e. The molecule has 0 aliphatic heterocycles. The Morgan fingerprint density at radius 2 is 1.93 bits per heavy atom. The number of carboxylic acids is 1. The van der Waals surface area contributed by atoms with Gasteiger partial charge in [-0.1, -0.05) is 38.8 Å². The second kappa shape index (κ2) is 6.84. The maximum absolute atomic E-state index is 11.2. The summed E-state index contributed by atoms with van der Waals surface area (Å²) >= 11 is 0. The molecular formula is C24H38O4. The van der Waals surface area contributed by atoms with Crippen LogP contribution in [0.2, 0.25) is 0 Å². The molecule has 0 unspecified atom stereocenters. The van der Waals surface area contributed by atoms with Gasteiger partial charge in [0.25, 0.3) is 5.79 Å². The predicted molar refractivity (Wildman–Crippen MR) is 108 cm³/mol. The van der Waals surface area contributed by atoms with E-state index in [1.807, 2.05) is 6.92 Å². The summed E-state index contributed by atoms with van der Waals surface area (Å²) in [6.45, 7) is 6.98. The van der Waals surface area contributed by atoms with Gasteiger partial charge in [-0.25, -0.2) is 4.79 Å². The fourth-order valence-corrected chi connectivity index (χ4v) is 8.35. The second-order valence-electron chi connectivity index (χ2n) is 11.0. The van der Waals surface area contributed by atoms with E-state index in [9.17, 15) is 15.0 Å². The van der Waals surface area contributed by atoms with E-state index >= 15 is 0 Å². The van der Waals surface area contributed by atoms with Gasteiger partial charge in [0, 0.05) is 6.42 Å². The topological polar surface area (TPSA) is 77.8 Å². The largest absolute Gasteiger partial charge is 0.477 e. The molecule has 3 saturated carbocycles. The highest BCUT2D eigenvalue weighted by Crippen LogP contribution is 2.67. The molecule has 4 aliphatic carbocycles. The number of fused-ring (bicyclic) bond motifs is 5. The zero-order valence-corrected chi connectivity index (χ0v) is 17.8. The van der Waals surface area contributed by atoms with E-state index in [0.29, 0.717) is 17.3 Å². The van der Waals surface area contributed by atoms with E-state index in [4.69, 9.17) is 5.11 Å². The Labute approximate surface area is 169 Å². The lowest BCUT2D eigenvalue weighted by Gasteiger charge is -2.58. The molecule has 0 heterocycles. The minimum Gasteiger partial charge on any atom is -0.477 e. The van der Waals surface area contributed by atoms with Gasteiger partial charge >= 0.3 is 5.97 Å². The van der Waals surface area contributed by atoms with Crippen LogP contribution >= 0.6 is 0 Å². The highest BCUT2D eigenvalue weighted by atomic mass is 16.5. The number of carboxylic acid groups (broad SMARTS) is 1. The minimum absolute atomic E-state index is 0.00221. The number of hydrogen-bond donors (Lipinski definition) is 3. The fourth-order valence-electron chi connectivity index (χ4n) is 8.35. The Balaban J connectivity index is 1.55. The van der Waals surface area contributed by atoms with E-state index in [2.05, 4.69) is 19.9 Å². The molecule has 0 aromatic rings. The molecule has 3 N–H and O–H groups in total. The Bertz CT molecular complexity index is 668. The molecule has 158 valence electrons. The third-order valence-electron chi connectivity index (χ3n) is 9.73. The van der Waals surface area contributed by atoms with Crippen molar-refractivity contribution in [2.24, 2.45) is 40.4 Å². The zero-order valence-electron chi connectivity index (χ0n) is 17.8. The molecule has 28 heavy (non-hydrogen) atoms. The van der Waals surface area contributed by atoms with Gasteiger partial charge in [0.05, 0.1) is 0 Å². The van der Waals surface area contributed by atoms with Crippen molar-refractivity contribution < 1.29 is 20.1 Å². The van der Waals surface area contributed by atoms with Crippen molar-refractivity contribution in [1.82, 2.24) is 0 Å². The van der Waals surface area contributed by atoms with Crippen molar-refractivity contribution in [3.05, 3.63) is 11.6 Å². The van der Waals surface area contributed by atoms with E-state index < -0.39 is 11.8 Å². The first-order valence-electron chi connectivity index (χ1n) is 11.5. The van der Waals surface area contributed by atoms with Crippen LogP contribution in [0.25, 0.3) is 0 Å². The van der Waals surface area contributed by atoms with E-state index in [1.54, 1.807) is 5.57 Å². The van der Waals surface area contributed by atoms with Gasteiger partial charge in [0.1, 0.15) is 0 Å². The van der Waals surface area contributed by atoms with Gasteiger partial charge in [0.15, 0.2) is 0 Å². The number of carbonyl (C=O) groups is 1. The third kappa shape index (κ3) is 2.98. The van der Waals surface area contributed by atoms with Gasteiger partial charge < -0.3 is 15.3 Å². The molecule has 0 bridgehead atoms. The van der Waals surface area contributed by atoms with Crippen LogP contribution in [0, 0.1) is 40.4 Å². The molecule has 0 radical (unpaired) electrons. The second-order valence-corrected chi connectivity index (χ2v) is 11.0. The summed E-state index contributed by atoms with van der Waals surface area (Å²) in [7, 11) is 0. The van der Waals surface area contributed by atoms with Crippen LogP contribution in [0.15, 0.2) is 11.6 Å². The van der Waals surface area contributed by atoms with Crippen LogP contribution in [-0.2, 0) is 4.79 Å². The number of aliphatic hydroxyl groups is 2. The third-order valence-corrected chi connectivity index (χ3v) is 9.73. The van der Waals surface area contributed by atoms with Crippen LogP contribution in [0.1, 0.15) is 85.0 Å². The van der Waals surface area contributed by atoms with Crippen molar-refractivity contribution in [3.8, 4) is 0 Å². The highest BCUT2D eigenvalue weighted by Gasteiger charge is 2.59. The molecule has 7 atom stereocenters. The standard InChI is InChI=1S/C24H38O4/c1-15(14-24(27,28)21(25)26)18-9-10-19-17-8-7-16-6-4-5-12-22(16,2)20(17)11-13-23(18,19)3/h7,15,17-20,27-28H,4-6,8-14H2,1-3H3,(H,25,26)/t15-,17+,18-,19+,20+,22+,23-/m1/s1. The normalized spacial score (nSPS) is 44.1. The zero-order chi connectivity index (χ0) is 20.3.